The molecule has 7 aromatic carbocycles. The summed E-state index contributed by atoms with van der Waals surface area (Å²) in [6.45, 7) is 0. The van der Waals surface area contributed by atoms with E-state index in [1.54, 1.807) is 0 Å². The standard InChI is InChI=1S/C43H28N2/c44-29-30-19-21-33(22-20-30)40-27-39(32-13-5-2-6-14-32)41(28-38(40)31-11-3-1-4-12-31)34-23-25-35(26-24-34)45-42-17-9-7-15-36(42)37-16-8-10-18-43(37)45/h1-28H. The third kappa shape index (κ3) is 4.68. The minimum atomic E-state index is 0.656. The molecule has 2 heteroatoms. The van der Waals surface area contributed by atoms with Gasteiger partial charge in [-0.15, -0.1) is 0 Å². The van der Waals surface area contributed by atoms with Gasteiger partial charge in [-0.1, -0.05) is 121 Å². The van der Waals surface area contributed by atoms with E-state index in [1.807, 2.05) is 12.1 Å². The van der Waals surface area contributed by atoms with Gasteiger partial charge in [-0.25, -0.2) is 0 Å². The van der Waals surface area contributed by atoms with Crippen LogP contribution >= 0.6 is 0 Å². The molecule has 0 saturated heterocycles. The SMILES string of the molecule is N#Cc1ccc(-c2cc(-c3ccccc3)c(-c3ccc(-n4c5ccccc5c5ccccc54)cc3)cc2-c2ccccc2)cc1. The molecule has 45 heavy (non-hydrogen) atoms. The number of nitriles is 1. The lowest BCUT2D eigenvalue weighted by atomic mass is 9.85. The number of hydrogen-bond donors (Lipinski definition) is 0. The van der Waals surface area contributed by atoms with Crippen molar-refractivity contribution in [3.63, 3.8) is 0 Å². The van der Waals surface area contributed by atoms with Crippen LogP contribution in [0, 0.1) is 11.3 Å². The van der Waals surface area contributed by atoms with Crippen molar-refractivity contribution in [2.24, 2.45) is 0 Å². The monoisotopic (exact) mass is 572 g/mol. The number of para-hydroxylation sites is 2. The molecule has 0 saturated carbocycles. The highest BCUT2D eigenvalue weighted by molar-refractivity contribution is 6.09. The lowest BCUT2D eigenvalue weighted by Gasteiger charge is -2.19. The maximum absolute atomic E-state index is 9.42. The van der Waals surface area contributed by atoms with Crippen molar-refractivity contribution in [3.8, 4) is 56.3 Å². The van der Waals surface area contributed by atoms with Crippen molar-refractivity contribution in [2.45, 2.75) is 0 Å². The van der Waals surface area contributed by atoms with E-state index in [2.05, 4.69) is 168 Å². The molecular weight excluding hydrogens is 544 g/mol. The van der Waals surface area contributed by atoms with E-state index in [0.717, 1.165) is 39.1 Å². The molecule has 0 aliphatic heterocycles. The highest BCUT2D eigenvalue weighted by Crippen LogP contribution is 2.42. The number of benzene rings is 7. The van der Waals surface area contributed by atoms with Gasteiger partial charge in [0.25, 0.3) is 0 Å². The molecule has 0 N–H and O–H groups in total. The average molecular weight is 573 g/mol. The molecule has 0 spiro atoms. The third-order valence-electron chi connectivity index (χ3n) is 8.67. The van der Waals surface area contributed by atoms with Gasteiger partial charge in [0.15, 0.2) is 0 Å². The zero-order valence-electron chi connectivity index (χ0n) is 24.6. The minimum absolute atomic E-state index is 0.656. The van der Waals surface area contributed by atoms with Crippen LogP contribution in [0.25, 0.3) is 72.0 Å². The highest BCUT2D eigenvalue weighted by atomic mass is 15.0. The summed E-state index contributed by atoms with van der Waals surface area (Å²) in [5.74, 6) is 0. The van der Waals surface area contributed by atoms with Gasteiger partial charge in [-0.3, -0.25) is 0 Å². The molecule has 0 aliphatic rings. The molecular formula is C43H28N2. The molecule has 210 valence electrons. The Bertz CT molecular complexity index is 2290. The van der Waals surface area contributed by atoms with Crippen molar-refractivity contribution in [2.75, 3.05) is 0 Å². The van der Waals surface area contributed by atoms with Crippen molar-refractivity contribution < 1.29 is 0 Å². The maximum atomic E-state index is 9.42. The van der Waals surface area contributed by atoms with Crippen LogP contribution in [0.15, 0.2) is 170 Å². The van der Waals surface area contributed by atoms with Gasteiger partial charge in [-0.05, 0) is 93.0 Å². The van der Waals surface area contributed by atoms with Crippen LogP contribution in [0.2, 0.25) is 0 Å². The van der Waals surface area contributed by atoms with E-state index < -0.39 is 0 Å². The lowest BCUT2D eigenvalue weighted by molar-refractivity contribution is 1.18. The Hall–Kier alpha value is -6.17. The van der Waals surface area contributed by atoms with Crippen LogP contribution in [-0.2, 0) is 0 Å². The lowest BCUT2D eigenvalue weighted by Crippen LogP contribution is -1.95. The van der Waals surface area contributed by atoms with Gasteiger partial charge in [-0.2, -0.15) is 5.26 Å². The average Bonchev–Trinajstić information content (AvgIpc) is 3.46. The van der Waals surface area contributed by atoms with Crippen LogP contribution in [0.3, 0.4) is 0 Å². The summed E-state index contributed by atoms with van der Waals surface area (Å²) in [6, 6.07) is 62.2. The smallest absolute Gasteiger partial charge is 0.0991 e. The van der Waals surface area contributed by atoms with Gasteiger partial charge < -0.3 is 4.57 Å². The predicted molar refractivity (Wildman–Crippen MR) is 187 cm³/mol. The Morgan fingerprint density at radius 2 is 0.756 bits per heavy atom. The molecule has 8 rings (SSSR count). The maximum Gasteiger partial charge on any atom is 0.0991 e. The van der Waals surface area contributed by atoms with E-state index in [4.69, 9.17) is 0 Å². The van der Waals surface area contributed by atoms with Crippen LogP contribution < -0.4 is 0 Å². The minimum Gasteiger partial charge on any atom is -0.309 e. The van der Waals surface area contributed by atoms with Gasteiger partial charge in [0.05, 0.1) is 22.7 Å². The van der Waals surface area contributed by atoms with Crippen molar-refractivity contribution in [1.82, 2.24) is 4.57 Å². The fraction of sp³-hybridized carbons (Fsp3) is 0. The first-order valence-electron chi connectivity index (χ1n) is 15.2. The molecule has 1 aromatic heterocycles. The van der Waals surface area contributed by atoms with Crippen LogP contribution in [-0.4, -0.2) is 4.57 Å². The first-order chi connectivity index (χ1) is 22.3. The largest absolute Gasteiger partial charge is 0.309 e. The molecule has 8 aromatic rings. The third-order valence-corrected chi connectivity index (χ3v) is 8.67. The molecule has 0 radical (unpaired) electrons. The molecule has 0 aliphatic carbocycles. The molecule has 0 unspecified atom stereocenters. The second kappa shape index (κ2) is 11.2. The van der Waals surface area contributed by atoms with Crippen molar-refractivity contribution in [1.29, 1.82) is 5.26 Å². The van der Waals surface area contributed by atoms with E-state index in [1.165, 1.54) is 32.9 Å². The summed E-state index contributed by atoms with van der Waals surface area (Å²) >= 11 is 0. The number of hydrogen-bond acceptors (Lipinski definition) is 1. The summed E-state index contributed by atoms with van der Waals surface area (Å²) in [7, 11) is 0. The first kappa shape index (κ1) is 26.5. The Balaban J connectivity index is 1.34. The molecule has 2 nitrogen and oxygen atoms in total. The zero-order chi connectivity index (χ0) is 30.2. The number of rotatable bonds is 5. The van der Waals surface area contributed by atoms with E-state index >= 15 is 0 Å². The summed E-state index contributed by atoms with van der Waals surface area (Å²) in [5, 5.41) is 11.9. The fourth-order valence-electron chi connectivity index (χ4n) is 6.51. The van der Waals surface area contributed by atoms with Gasteiger partial charge in [0.2, 0.25) is 0 Å². The van der Waals surface area contributed by atoms with Gasteiger partial charge in [0, 0.05) is 16.5 Å². The first-order valence-corrected chi connectivity index (χ1v) is 15.2. The van der Waals surface area contributed by atoms with E-state index in [-0.39, 0.29) is 0 Å². The van der Waals surface area contributed by atoms with Crippen molar-refractivity contribution in [3.05, 3.63) is 175 Å². The topological polar surface area (TPSA) is 28.7 Å². The summed E-state index contributed by atoms with van der Waals surface area (Å²) < 4.78 is 2.36. The highest BCUT2D eigenvalue weighted by Gasteiger charge is 2.17. The van der Waals surface area contributed by atoms with E-state index in [9.17, 15) is 5.26 Å². The predicted octanol–water partition coefficient (Wildman–Crippen LogP) is 11.3. The second-order valence-electron chi connectivity index (χ2n) is 11.3. The second-order valence-corrected chi connectivity index (χ2v) is 11.3. The Kier molecular flexibility index (Phi) is 6.56. The molecule has 1 heterocycles. The Labute approximate surface area is 262 Å². The summed E-state index contributed by atoms with van der Waals surface area (Å²) in [6.07, 6.45) is 0. The van der Waals surface area contributed by atoms with Crippen LogP contribution in [0.5, 0.6) is 0 Å². The summed E-state index contributed by atoms with van der Waals surface area (Å²) in [5.41, 5.74) is 13.4. The van der Waals surface area contributed by atoms with Crippen LogP contribution in [0.4, 0.5) is 0 Å². The molecule has 0 atom stereocenters. The summed E-state index contributed by atoms with van der Waals surface area (Å²) in [4.78, 5) is 0. The Morgan fingerprint density at radius 1 is 0.378 bits per heavy atom. The number of aromatic nitrogens is 1. The molecule has 0 bridgehead atoms. The van der Waals surface area contributed by atoms with Crippen molar-refractivity contribution >= 4 is 21.8 Å². The zero-order valence-corrected chi connectivity index (χ0v) is 24.6. The quantitative estimate of drug-likeness (QED) is 0.202. The fourth-order valence-corrected chi connectivity index (χ4v) is 6.51. The van der Waals surface area contributed by atoms with Crippen LogP contribution in [0.1, 0.15) is 5.56 Å². The molecule has 0 fully saturated rings. The van der Waals surface area contributed by atoms with Gasteiger partial charge >= 0.3 is 0 Å². The normalized spacial score (nSPS) is 11.1. The van der Waals surface area contributed by atoms with Gasteiger partial charge in [0.1, 0.15) is 0 Å². The van der Waals surface area contributed by atoms with E-state index in [0.29, 0.717) is 5.56 Å². The number of fused-ring (bicyclic) bond motifs is 3. The molecule has 0 amide bonds. The Morgan fingerprint density at radius 3 is 1.20 bits per heavy atom. The number of nitrogens with zero attached hydrogens (tertiary/aromatic N) is 2.